The number of hydrogen-bond donors (Lipinski definition) is 0. The van der Waals surface area contributed by atoms with Gasteiger partial charge in [-0.2, -0.15) is 0 Å². The largest absolute Gasteiger partial charge is 0.0767 e. The molecule has 0 fully saturated rings. The van der Waals surface area contributed by atoms with Crippen LogP contribution in [-0.4, -0.2) is 0 Å². The Labute approximate surface area is 84.3 Å². The van der Waals surface area contributed by atoms with E-state index in [1.54, 1.807) is 0 Å². The highest BCUT2D eigenvalue weighted by atomic mass is 14.3. The first-order chi connectivity index (χ1) is 6.95. The van der Waals surface area contributed by atoms with Gasteiger partial charge in [-0.25, -0.2) is 0 Å². The second kappa shape index (κ2) is 2.98. The maximum Gasteiger partial charge on any atom is 0.0125 e. The Morgan fingerprint density at radius 1 is 0.857 bits per heavy atom. The van der Waals surface area contributed by atoms with E-state index in [1.807, 2.05) is 0 Å². The summed E-state index contributed by atoms with van der Waals surface area (Å²) in [5, 5.41) is 0. The molecule has 0 radical (unpaired) electrons. The van der Waals surface area contributed by atoms with Crippen LogP contribution in [0.1, 0.15) is 17.0 Å². The fourth-order valence-corrected chi connectivity index (χ4v) is 2.30. The predicted octanol–water partition coefficient (Wildman–Crippen LogP) is 3.54. The van der Waals surface area contributed by atoms with Crippen molar-refractivity contribution in [3.05, 3.63) is 65.8 Å². The van der Waals surface area contributed by atoms with Gasteiger partial charge in [0.15, 0.2) is 0 Å². The fourth-order valence-electron chi connectivity index (χ4n) is 2.30. The first-order valence-corrected chi connectivity index (χ1v) is 5.07. The van der Waals surface area contributed by atoms with Gasteiger partial charge in [-0.15, -0.1) is 0 Å². The second-order valence-electron chi connectivity index (χ2n) is 3.86. The molecular formula is C14H12. The molecule has 0 heterocycles. The highest BCUT2D eigenvalue weighted by Crippen LogP contribution is 2.37. The maximum atomic E-state index is 2.30. The van der Waals surface area contributed by atoms with E-state index >= 15 is 0 Å². The topological polar surface area (TPSA) is 0 Å². The van der Waals surface area contributed by atoms with Crippen molar-refractivity contribution in [2.75, 3.05) is 0 Å². The second-order valence-corrected chi connectivity index (χ2v) is 3.86. The van der Waals surface area contributed by atoms with Crippen LogP contribution in [0.5, 0.6) is 0 Å². The van der Waals surface area contributed by atoms with Gasteiger partial charge in [0, 0.05) is 11.8 Å². The van der Waals surface area contributed by atoms with Crippen LogP contribution in [0.4, 0.5) is 0 Å². The van der Waals surface area contributed by atoms with Crippen molar-refractivity contribution in [3.63, 3.8) is 0 Å². The number of rotatable bonds is 0. The minimum atomic E-state index is 0.557. The lowest BCUT2D eigenvalue weighted by Crippen LogP contribution is -2.12. The molecule has 0 heteroatoms. The number of fused-ring (bicyclic) bond motifs is 3. The van der Waals surface area contributed by atoms with E-state index in [4.69, 9.17) is 0 Å². The maximum absolute atomic E-state index is 2.30. The molecule has 2 aliphatic carbocycles. The van der Waals surface area contributed by atoms with Gasteiger partial charge < -0.3 is 0 Å². The Hall–Kier alpha value is -1.56. The summed E-state index contributed by atoms with van der Waals surface area (Å²) in [4.78, 5) is 0. The highest BCUT2D eigenvalue weighted by molar-refractivity contribution is 5.60. The van der Waals surface area contributed by atoms with Crippen LogP contribution in [0, 0.1) is 5.92 Å². The fraction of sp³-hybridized carbons (Fsp3) is 0.143. The SMILES string of the molecule is C1=CC2C=Cc3ccccc3C2C=C1. The summed E-state index contributed by atoms with van der Waals surface area (Å²) >= 11 is 0. The molecular weight excluding hydrogens is 168 g/mol. The van der Waals surface area contributed by atoms with Crippen LogP contribution >= 0.6 is 0 Å². The first-order valence-electron chi connectivity index (χ1n) is 5.07. The van der Waals surface area contributed by atoms with Crippen LogP contribution in [0.2, 0.25) is 0 Å². The number of hydrogen-bond acceptors (Lipinski definition) is 0. The Bertz CT molecular complexity index is 435. The molecule has 2 unspecified atom stereocenters. The molecule has 0 spiro atoms. The van der Waals surface area contributed by atoms with Crippen molar-refractivity contribution in [1.82, 2.24) is 0 Å². The number of allylic oxidation sites excluding steroid dienone is 5. The van der Waals surface area contributed by atoms with Crippen molar-refractivity contribution < 1.29 is 0 Å². The van der Waals surface area contributed by atoms with E-state index in [0.29, 0.717) is 11.8 Å². The third-order valence-corrected chi connectivity index (χ3v) is 3.03. The molecule has 68 valence electrons. The summed E-state index contributed by atoms with van der Waals surface area (Å²) in [6.07, 6.45) is 13.4. The zero-order valence-electron chi connectivity index (χ0n) is 7.93. The molecule has 3 rings (SSSR count). The normalized spacial score (nSPS) is 27.1. The van der Waals surface area contributed by atoms with Crippen LogP contribution in [0.25, 0.3) is 6.08 Å². The van der Waals surface area contributed by atoms with Crippen LogP contribution in [0.15, 0.2) is 54.6 Å². The van der Waals surface area contributed by atoms with Gasteiger partial charge in [-0.05, 0) is 11.1 Å². The van der Waals surface area contributed by atoms with E-state index in [9.17, 15) is 0 Å². The van der Waals surface area contributed by atoms with Gasteiger partial charge in [-0.1, -0.05) is 60.7 Å². The van der Waals surface area contributed by atoms with Gasteiger partial charge in [0.25, 0.3) is 0 Å². The van der Waals surface area contributed by atoms with Gasteiger partial charge in [0.1, 0.15) is 0 Å². The molecule has 14 heavy (non-hydrogen) atoms. The molecule has 0 amide bonds. The summed E-state index contributed by atoms with van der Waals surface area (Å²) in [7, 11) is 0. The molecule has 2 aliphatic rings. The molecule has 0 saturated carbocycles. The Morgan fingerprint density at radius 2 is 1.71 bits per heavy atom. The summed E-state index contributed by atoms with van der Waals surface area (Å²) < 4.78 is 0. The smallest absolute Gasteiger partial charge is 0.0125 e. The molecule has 0 saturated heterocycles. The van der Waals surface area contributed by atoms with Crippen molar-refractivity contribution >= 4 is 6.08 Å². The lowest BCUT2D eigenvalue weighted by Gasteiger charge is -2.27. The van der Waals surface area contributed by atoms with E-state index in [2.05, 4.69) is 60.7 Å². The average Bonchev–Trinajstić information content (AvgIpc) is 2.29. The van der Waals surface area contributed by atoms with Crippen LogP contribution in [0.3, 0.4) is 0 Å². The molecule has 0 aliphatic heterocycles. The zero-order chi connectivity index (χ0) is 9.38. The van der Waals surface area contributed by atoms with Crippen molar-refractivity contribution in [3.8, 4) is 0 Å². The summed E-state index contributed by atoms with van der Waals surface area (Å²) in [6, 6.07) is 8.65. The third kappa shape index (κ3) is 1.07. The molecule has 0 nitrogen and oxygen atoms in total. The first kappa shape index (κ1) is 7.81. The minimum Gasteiger partial charge on any atom is -0.0767 e. The minimum absolute atomic E-state index is 0.557. The Morgan fingerprint density at radius 3 is 2.71 bits per heavy atom. The van der Waals surface area contributed by atoms with Crippen molar-refractivity contribution in [1.29, 1.82) is 0 Å². The summed E-state index contributed by atoms with van der Waals surface area (Å²) in [5.41, 5.74) is 2.83. The predicted molar refractivity (Wildman–Crippen MR) is 60.0 cm³/mol. The van der Waals surface area contributed by atoms with E-state index < -0.39 is 0 Å². The van der Waals surface area contributed by atoms with E-state index in [0.717, 1.165) is 0 Å². The lowest BCUT2D eigenvalue weighted by molar-refractivity contribution is 0.692. The van der Waals surface area contributed by atoms with Crippen LogP contribution in [-0.2, 0) is 0 Å². The zero-order valence-corrected chi connectivity index (χ0v) is 7.93. The standard InChI is InChI=1S/C14H12/c1-3-7-13-11(5-1)9-10-12-6-2-4-8-14(12)13/h1-11,13H. The third-order valence-electron chi connectivity index (χ3n) is 3.03. The quantitative estimate of drug-likeness (QED) is 0.573. The number of benzene rings is 1. The Kier molecular flexibility index (Phi) is 1.66. The molecule has 1 aromatic carbocycles. The van der Waals surface area contributed by atoms with Crippen molar-refractivity contribution in [2.24, 2.45) is 5.92 Å². The average molecular weight is 180 g/mol. The molecule has 0 bridgehead atoms. The molecule has 0 N–H and O–H groups in total. The van der Waals surface area contributed by atoms with Gasteiger partial charge >= 0.3 is 0 Å². The van der Waals surface area contributed by atoms with Gasteiger partial charge in [0.05, 0.1) is 0 Å². The summed E-state index contributed by atoms with van der Waals surface area (Å²) in [6.45, 7) is 0. The van der Waals surface area contributed by atoms with E-state index in [1.165, 1.54) is 11.1 Å². The summed E-state index contributed by atoms with van der Waals surface area (Å²) in [5.74, 6) is 1.12. The molecule has 2 atom stereocenters. The van der Waals surface area contributed by atoms with Gasteiger partial charge in [-0.3, -0.25) is 0 Å². The monoisotopic (exact) mass is 180 g/mol. The van der Waals surface area contributed by atoms with Gasteiger partial charge in [0.2, 0.25) is 0 Å². The van der Waals surface area contributed by atoms with Crippen molar-refractivity contribution in [2.45, 2.75) is 5.92 Å². The van der Waals surface area contributed by atoms with Crippen LogP contribution < -0.4 is 0 Å². The molecule has 1 aromatic rings. The lowest BCUT2D eigenvalue weighted by atomic mass is 9.77. The Balaban J connectivity index is 2.15. The molecule has 0 aromatic heterocycles. The van der Waals surface area contributed by atoms with E-state index in [-0.39, 0.29) is 0 Å². The highest BCUT2D eigenvalue weighted by Gasteiger charge is 2.22.